The zero-order chi connectivity index (χ0) is 14.9. The topological polar surface area (TPSA) is 37.8 Å². The van der Waals surface area contributed by atoms with Crippen LogP contribution in [0.3, 0.4) is 0 Å². The van der Waals surface area contributed by atoms with Crippen molar-refractivity contribution in [2.75, 3.05) is 5.32 Å². The van der Waals surface area contributed by atoms with E-state index < -0.39 is 0 Å². The van der Waals surface area contributed by atoms with E-state index in [1.165, 1.54) is 5.56 Å². The van der Waals surface area contributed by atoms with Crippen molar-refractivity contribution < 1.29 is 0 Å². The van der Waals surface area contributed by atoms with E-state index in [2.05, 4.69) is 54.3 Å². The van der Waals surface area contributed by atoms with Gasteiger partial charge in [-0.15, -0.1) is 0 Å². The molecule has 3 heteroatoms. The van der Waals surface area contributed by atoms with Crippen LogP contribution in [0.1, 0.15) is 26.3 Å². The number of benzene rings is 2. The standard InChI is InChI=1S/C18H19N3/c1-18(2,3)13-9-10-16-15(11-13)17(20-12-19-16)21-14-7-5-4-6-8-14/h4-12H,1-3H3,(H,19,20,21). The number of nitrogens with one attached hydrogen (secondary N) is 1. The van der Waals surface area contributed by atoms with Gasteiger partial charge in [-0.1, -0.05) is 45.0 Å². The molecular weight excluding hydrogens is 258 g/mol. The number of para-hydroxylation sites is 1. The van der Waals surface area contributed by atoms with Crippen molar-refractivity contribution in [2.24, 2.45) is 0 Å². The van der Waals surface area contributed by atoms with Crippen molar-refractivity contribution in [3.63, 3.8) is 0 Å². The highest BCUT2D eigenvalue weighted by atomic mass is 15.0. The van der Waals surface area contributed by atoms with Gasteiger partial charge in [-0.25, -0.2) is 9.97 Å². The van der Waals surface area contributed by atoms with Gasteiger partial charge in [-0.2, -0.15) is 0 Å². The maximum Gasteiger partial charge on any atom is 0.141 e. The van der Waals surface area contributed by atoms with E-state index in [-0.39, 0.29) is 5.41 Å². The lowest BCUT2D eigenvalue weighted by Gasteiger charge is -2.19. The number of nitrogens with zero attached hydrogens (tertiary/aromatic N) is 2. The highest BCUT2D eigenvalue weighted by Gasteiger charge is 2.15. The van der Waals surface area contributed by atoms with Gasteiger partial charge in [0, 0.05) is 11.1 Å². The third-order valence-corrected chi connectivity index (χ3v) is 3.54. The van der Waals surface area contributed by atoms with Gasteiger partial charge in [0.05, 0.1) is 5.52 Å². The summed E-state index contributed by atoms with van der Waals surface area (Å²) in [6.45, 7) is 6.63. The van der Waals surface area contributed by atoms with Gasteiger partial charge in [0.1, 0.15) is 12.1 Å². The minimum atomic E-state index is 0.105. The summed E-state index contributed by atoms with van der Waals surface area (Å²) in [6, 6.07) is 16.5. The van der Waals surface area contributed by atoms with E-state index in [1.54, 1.807) is 6.33 Å². The third-order valence-electron chi connectivity index (χ3n) is 3.54. The summed E-state index contributed by atoms with van der Waals surface area (Å²) in [5.41, 5.74) is 3.37. The fraction of sp³-hybridized carbons (Fsp3) is 0.222. The first-order valence-electron chi connectivity index (χ1n) is 7.11. The number of hydrogen-bond acceptors (Lipinski definition) is 3. The molecule has 0 bridgehead atoms. The van der Waals surface area contributed by atoms with E-state index in [0.29, 0.717) is 0 Å². The Balaban J connectivity index is 2.10. The summed E-state index contributed by atoms with van der Waals surface area (Å²) in [5.74, 6) is 0.845. The van der Waals surface area contributed by atoms with Gasteiger partial charge in [0.25, 0.3) is 0 Å². The minimum Gasteiger partial charge on any atom is -0.340 e. The number of fused-ring (bicyclic) bond motifs is 1. The molecule has 1 aromatic heterocycles. The summed E-state index contributed by atoms with van der Waals surface area (Å²) >= 11 is 0. The smallest absolute Gasteiger partial charge is 0.141 e. The molecule has 3 rings (SSSR count). The number of anilines is 2. The second-order valence-electron chi connectivity index (χ2n) is 6.20. The van der Waals surface area contributed by atoms with E-state index in [9.17, 15) is 0 Å². The summed E-state index contributed by atoms with van der Waals surface area (Å²) in [7, 11) is 0. The van der Waals surface area contributed by atoms with E-state index >= 15 is 0 Å². The fourth-order valence-corrected chi connectivity index (χ4v) is 2.28. The lowest BCUT2D eigenvalue weighted by atomic mass is 9.86. The zero-order valence-corrected chi connectivity index (χ0v) is 12.6. The molecular formula is C18H19N3. The van der Waals surface area contributed by atoms with Crippen molar-refractivity contribution in [2.45, 2.75) is 26.2 Å². The lowest BCUT2D eigenvalue weighted by molar-refractivity contribution is 0.591. The molecule has 21 heavy (non-hydrogen) atoms. The molecule has 0 unspecified atom stereocenters. The molecule has 106 valence electrons. The zero-order valence-electron chi connectivity index (χ0n) is 12.6. The van der Waals surface area contributed by atoms with Gasteiger partial charge >= 0.3 is 0 Å². The van der Waals surface area contributed by atoms with Crippen LogP contribution < -0.4 is 5.32 Å². The lowest BCUT2D eigenvalue weighted by Crippen LogP contribution is -2.11. The molecule has 0 radical (unpaired) electrons. The van der Waals surface area contributed by atoms with Gasteiger partial charge < -0.3 is 5.32 Å². The second-order valence-corrected chi connectivity index (χ2v) is 6.20. The molecule has 0 saturated carbocycles. The Morgan fingerprint density at radius 2 is 1.67 bits per heavy atom. The molecule has 0 spiro atoms. The monoisotopic (exact) mass is 277 g/mol. The quantitative estimate of drug-likeness (QED) is 0.739. The SMILES string of the molecule is CC(C)(C)c1ccc2ncnc(Nc3ccccc3)c2c1. The maximum absolute atomic E-state index is 4.40. The maximum atomic E-state index is 4.40. The summed E-state index contributed by atoms with van der Waals surface area (Å²) in [6.07, 6.45) is 1.60. The predicted octanol–water partition coefficient (Wildman–Crippen LogP) is 4.67. The molecule has 0 atom stereocenters. The van der Waals surface area contributed by atoms with E-state index in [0.717, 1.165) is 22.4 Å². The molecule has 0 fully saturated rings. The van der Waals surface area contributed by atoms with Crippen LogP contribution in [0.2, 0.25) is 0 Å². The van der Waals surface area contributed by atoms with Gasteiger partial charge in [0.2, 0.25) is 0 Å². The molecule has 0 amide bonds. The van der Waals surface area contributed by atoms with Crippen LogP contribution in [-0.4, -0.2) is 9.97 Å². The normalized spacial score (nSPS) is 11.6. The molecule has 2 aromatic carbocycles. The largest absolute Gasteiger partial charge is 0.340 e. The van der Waals surface area contributed by atoms with Gasteiger partial charge in [0.15, 0.2) is 0 Å². The first-order valence-corrected chi connectivity index (χ1v) is 7.11. The van der Waals surface area contributed by atoms with E-state index in [4.69, 9.17) is 0 Å². The Morgan fingerprint density at radius 1 is 0.905 bits per heavy atom. The molecule has 3 nitrogen and oxygen atoms in total. The van der Waals surface area contributed by atoms with Crippen molar-refractivity contribution in [1.29, 1.82) is 0 Å². The van der Waals surface area contributed by atoms with Crippen LogP contribution in [0.4, 0.5) is 11.5 Å². The van der Waals surface area contributed by atoms with Gasteiger partial charge in [-0.3, -0.25) is 0 Å². The Morgan fingerprint density at radius 3 is 2.38 bits per heavy atom. The number of aromatic nitrogens is 2. The van der Waals surface area contributed by atoms with Crippen LogP contribution in [0.25, 0.3) is 10.9 Å². The summed E-state index contributed by atoms with van der Waals surface area (Å²) in [5, 5.41) is 4.42. The molecule has 0 saturated heterocycles. The highest BCUT2D eigenvalue weighted by molar-refractivity contribution is 5.91. The average molecular weight is 277 g/mol. The Kier molecular flexibility index (Phi) is 3.34. The molecule has 1 N–H and O–H groups in total. The predicted molar refractivity (Wildman–Crippen MR) is 88.0 cm³/mol. The van der Waals surface area contributed by atoms with Gasteiger partial charge in [-0.05, 0) is 35.2 Å². The van der Waals surface area contributed by atoms with Crippen molar-refractivity contribution in [3.8, 4) is 0 Å². The average Bonchev–Trinajstić information content (AvgIpc) is 2.47. The van der Waals surface area contributed by atoms with Crippen LogP contribution in [-0.2, 0) is 5.41 Å². The Bertz CT molecular complexity index is 758. The first kappa shape index (κ1) is 13.6. The Labute approximate surface area is 125 Å². The molecule has 0 aliphatic carbocycles. The minimum absolute atomic E-state index is 0.105. The first-order chi connectivity index (χ1) is 10.0. The highest BCUT2D eigenvalue weighted by Crippen LogP contribution is 2.29. The van der Waals surface area contributed by atoms with E-state index in [1.807, 2.05) is 30.3 Å². The molecule has 1 heterocycles. The van der Waals surface area contributed by atoms with Crippen molar-refractivity contribution in [3.05, 3.63) is 60.4 Å². The van der Waals surface area contributed by atoms with Crippen LogP contribution in [0, 0.1) is 0 Å². The van der Waals surface area contributed by atoms with Crippen LogP contribution in [0.5, 0.6) is 0 Å². The molecule has 0 aliphatic heterocycles. The van der Waals surface area contributed by atoms with Crippen LogP contribution in [0.15, 0.2) is 54.9 Å². The second kappa shape index (κ2) is 5.17. The van der Waals surface area contributed by atoms with Crippen molar-refractivity contribution in [1.82, 2.24) is 9.97 Å². The van der Waals surface area contributed by atoms with Crippen molar-refractivity contribution >= 4 is 22.4 Å². The summed E-state index contributed by atoms with van der Waals surface area (Å²) in [4.78, 5) is 8.76. The Hall–Kier alpha value is -2.42. The number of rotatable bonds is 2. The third kappa shape index (κ3) is 2.87. The summed E-state index contributed by atoms with van der Waals surface area (Å²) < 4.78 is 0. The van der Waals surface area contributed by atoms with Crippen LogP contribution >= 0.6 is 0 Å². The molecule has 0 aliphatic rings. The molecule has 3 aromatic rings. The fourth-order valence-electron chi connectivity index (χ4n) is 2.28. The number of hydrogen-bond donors (Lipinski definition) is 1.